The average Bonchev–Trinajstić information content (AvgIpc) is 3.06. The van der Waals surface area contributed by atoms with Crippen LogP contribution in [0.5, 0.6) is 11.5 Å². The number of thiocarbonyl (C=S) groups is 1. The predicted octanol–water partition coefficient (Wildman–Crippen LogP) is 6.75. The van der Waals surface area contributed by atoms with Gasteiger partial charge in [-0.25, -0.2) is 0 Å². The number of ether oxygens (including phenoxy) is 2. The molecule has 162 valence electrons. The molecule has 0 aliphatic carbocycles. The molecule has 4 rings (SSSR count). The van der Waals surface area contributed by atoms with Gasteiger partial charge in [-0.05, 0) is 64.3 Å². The van der Waals surface area contributed by atoms with Gasteiger partial charge in [0.2, 0.25) is 0 Å². The van der Waals surface area contributed by atoms with E-state index in [0.717, 1.165) is 21.3 Å². The molecule has 0 bridgehead atoms. The van der Waals surface area contributed by atoms with Gasteiger partial charge in [0.25, 0.3) is 5.91 Å². The largest absolute Gasteiger partial charge is 0.493 e. The van der Waals surface area contributed by atoms with Gasteiger partial charge in [-0.2, -0.15) is 0 Å². The quantitative estimate of drug-likeness (QED) is 0.263. The van der Waals surface area contributed by atoms with Crippen molar-refractivity contribution in [3.8, 4) is 11.5 Å². The number of benzene rings is 3. The molecule has 0 atom stereocenters. The average molecular weight is 526 g/mol. The third-order valence-corrected chi connectivity index (χ3v) is 6.71. The molecule has 0 spiro atoms. The Hall–Kier alpha value is -2.61. The molecule has 1 fully saturated rings. The summed E-state index contributed by atoms with van der Waals surface area (Å²) in [6.45, 7) is 2.47. The molecule has 1 saturated heterocycles. The van der Waals surface area contributed by atoms with E-state index in [4.69, 9.17) is 21.7 Å². The van der Waals surface area contributed by atoms with Gasteiger partial charge >= 0.3 is 0 Å². The second-order valence-corrected chi connectivity index (χ2v) is 9.69. The maximum Gasteiger partial charge on any atom is 0.270 e. The van der Waals surface area contributed by atoms with Crippen molar-refractivity contribution >= 4 is 61.9 Å². The van der Waals surface area contributed by atoms with E-state index in [0.29, 0.717) is 27.3 Å². The Morgan fingerprint density at radius 3 is 2.59 bits per heavy atom. The number of rotatable bonds is 6. The van der Waals surface area contributed by atoms with Crippen molar-refractivity contribution in [1.29, 1.82) is 0 Å². The van der Waals surface area contributed by atoms with Gasteiger partial charge in [0.1, 0.15) is 6.61 Å². The highest BCUT2D eigenvalue weighted by Crippen LogP contribution is 2.40. The zero-order valence-electron chi connectivity index (χ0n) is 17.5. The maximum atomic E-state index is 13.0. The van der Waals surface area contributed by atoms with Crippen LogP contribution < -0.4 is 14.4 Å². The number of methoxy groups -OCH3 is 1. The fourth-order valence-electron chi connectivity index (χ4n) is 3.34. The molecule has 3 aromatic rings. The van der Waals surface area contributed by atoms with E-state index in [1.165, 1.54) is 17.3 Å². The minimum Gasteiger partial charge on any atom is -0.493 e. The second kappa shape index (κ2) is 9.90. The molecule has 32 heavy (non-hydrogen) atoms. The highest BCUT2D eigenvalue weighted by Gasteiger charge is 2.33. The molecular formula is C25H20BrNO3S2. The first-order valence-electron chi connectivity index (χ1n) is 9.85. The zero-order chi connectivity index (χ0) is 22.7. The smallest absolute Gasteiger partial charge is 0.270 e. The number of thioether (sulfide) groups is 1. The monoisotopic (exact) mass is 525 g/mol. The summed E-state index contributed by atoms with van der Waals surface area (Å²) in [6, 6.07) is 21.3. The molecule has 0 unspecified atom stereocenters. The SMILES string of the molecule is COc1cc(C=C2SC(=S)N(c3ccccc3)C2=O)cc(Br)c1OCc1cccc(C)c1. The van der Waals surface area contributed by atoms with Gasteiger partial charge in [-0.15, -0.1) is 0 Å². The fourth-order valence-corrected chi connectivity index (χ4v) is 5.21. The summed E-state index contributed by atoms with van der Waals surface area (Å²) >= 11 is 10.3. The van der Waals surface area contributed by atoms with Crippen molar-refractivity contribution in [2.45, 2.75) is 13.5 Å². The van der Waals surface area contributed by atoms with Crippen LogP contribution in [0.3, 0.4) is 0 Å². The van der Waals surface area contributed by atoms with Gasteiger partial charge in [0, 0.05) is 0 Å². The second-order valence-electron chi connectivity index (χ2n) is 7.16. The number of hydrogen-bond donors (Lipinski definition) is 0. The molecule has 1 aliphatic heterocycles. The number of carbonyl (C=O) groups is 1. The van der Waals surface area contributed by atoms with Crippen molar-refractivity contribution in [2.75, 3.05) is 12.0 Å². The molecule has 1 heterocycles. The first-order chi connectivity index (χ1) is 15.5. The van der Waals surface area contributed by atoms with Crippen LogP contribution in [0.2, 0.25) is 0 Å². The first kappa shape index (κ1) is 22.6. The van der Waals surface area contributed by atoms with Gasteiger partial charge < -0.3 is 9.47 Å². The lowest BCUT2D eigenvalue weighted by molar-refractivity contribution is -0.113. The lowest BCUT2D eigenvalue weighted by atomic mass is 10.1. The first-order valence-corrected chi connectivity index (χ1v) is 11.9. The standard InChI is InChI=1S/C25H20BrNO3S2/c1-16-7-6-8-17(11-16)15-30-23-20(26)12-18(13-21(23)29-2)14-22-24(28)27(25(31)32-22)19-9-4-3-5-10-19/h3-14H,15H2,1-2H3. The highest BCUT2D eigenvalue weighted by atomic mass is 79.9. The summed E-state index contributed by atoms with van der Waals surface area (Å²) < 4.78 is 12.9. The Labute approximate surface area is 205 Å². The van der Waals surface area contributed by atoms with E-state index in [2.05, 4.69) is 35.0 Å². The predicted molar refractivity (Wildman–Crippen MR) is 138 cm³/mol. The van der Waals surface area contributed by atoms with E-state index < -0.39 is 0 Å². The molecule has 0 aromatic heterocycles. The van der Waals surface area contributed by atoms with Crippen molar-refractivity contribution in [1.82, 2.24) is 0 Å². The Bertz CT molecular complexity index is 1210. The summed E-state index contributed by atoms with van der Waals surface area (Å²) in [4.78, 5) is 15.1. The highest BCUT2D eigenvalue weighted by molar-refractivity contribution is 9.10. The zero-order valence-corrected chi connectivity index (χ0v) is 20.7. The molecule has 1 aliphatic rings. The number of amides is 1. The van der Waals surface area contributed by atoms with Crippen LogP contribution >= 0.6 is 39.9 Å². The summed E-state index contributed by atoms with van der Waals surface area (Å²) in [5.41, 5.74) is 3.83. The van der Waals surface area contributed by atoms with E-state index in [1.54, 1.807) is 12.0 Å². The van der Waals surface area contributed by atoms with Gasteiger partial charge in [0.15, 0.2) is 15.8 Å². The van der Waals surface area contributed by atoms with Gasteiger partial charge in [0.05, 0.1) is 22.2 Å². The van der Waals surface area contributed by atoms with Crippen LogP contribution in [0.25, 0.3) is 6.08 Å². The summed E-state index contributed by atoms with van der Waals surface area (Å²) in [5.74, 6) is 1.06. The van der Waals surface area contributed by atoms with Crippen molar-refractivity contribution in [3.05, 3.63) is 92.8 Å². The number of carbonyl (C=O) groups excluding carboxylic acids is 1. The molecule has 7 heteroatoms. The van der Waals surface area contributed by atoms with Gasteiger partial charge in [-0.1, -0.05) is 72.0 Å². The molecule has 0 N–H and O–H groups in total. The summed E-state index contributed by atoms with van der Waals surface area (Å²) in [7, 11) is 1.60. The maximum absolute atomic E-state index is 13.0. The number of nitrogens with zero attached hydrogens (tertiary/aromatic N) is 1. The third-order valence-electron chi connectivity index (χ3n) is 4.82. The molecule has 0 saturated carbocycles. The lowest BCUT2D eigenvalue weighted by Gasteiger charge is -2.14. The minimum absolute atomic E-state index is 0.138. The fraction of sp³-hybridized carbons (Fsp3) is 0.120. The Balaban J connectivity index is 1.58. The summed E-state index contributed by atoms with van der Waals surface area (Å²) in [6.07, 6.45) is 1.82. The number of halogens is 1. The van der Waals surface area contributed by atoms with Crippen molar-refractivity contribution < 1.29 is 14.3 Å². The number of para-hydroxylation sites is 1. The Kier molecular flexibility index (Phi) is 6.98. The number of aryl methyl sites for hydroxylation is 1. The van der Waals surface area contributed by atoms with Crippen molar-refractivity contribution in [3.63, 3.8) is 0 Å². The lowest BCUT2D eigenvalue weighted by Crippen LogP contribution is -2.27. The van der Waals surface area contributed by atoms with E-state index in [-0.39, 0.29) is 5.91 Å². The van der Waals surface area contributed by atoms with Crippen LogP contribution in [0, 0.1) is 6.92 Å². The Morgan fingerprint density at radius 1 is 1.09 bits per heavy atom. The molecular weight excluding hydrogens is 506 g/mol. The van der Waals surface area contributed by atoms with Crippen LogP contribution in [0.4, 0.5) is 5.69 Å². The van der Waals surface area contributed by atoms with E-state index in [1.807, 2.05) is 60.7 Å². The van der Waals surface area contributed by atoms with Crippen LogP contribution in [-0.4, -0.2) is 17.3 Å². The summed E-state index contributed by atoms with van der Waals surface area (Å²) in [5, 5.41) is 0. The Morgan fingerprint density at radius 2 is 1.88 bits per heavy atom. The molecule has 4 nitrogen and oxygen atoms in total. The van der Waals surface area contributed by atoms with Crippen molar-refractivity contribution in [2.24, 2.45) is 0 Å². The van der Waals surface area contributed by atoms with Crippen LogP contribution in [0.1, 0.15) is 16.7 Å². The van der Waals surface area contributed by atoms with E-state index >= 15 is 0 Å². The normalized spacial score (nSPS) is 14.8. The third kappa shape index (κ3) is 4.90. The number of anilines is 1. The molecule has 0 radical (unpaired) electrons. The topological polar surface area (TPSA) is 38.8 Å². The minimum atomic E-state index is -0.138. The van der Waals surface area contributed by atoms with Gasteiger partial charge in [-0.3, -0.25) is 9.69 Å². The van der Waals surface area contributed by atoms with Crippen LogP contribution in [-0.2, 0) is 11.4 Å². The molecule has 1 amide bonds. The van der Waals surface area contributed by atoms with Crippen LogP contribution in [0.15, 0.2) is 76.1 Å². The molecule has 3 aromatic carbocycles. The van der Waals surface area contributed by atoms with E-state index in [9.17, 15) is 4.79 Å². The number of hydrogen-bond acceptors (Lipinski definition) is 5.